The van der Waals surface area contributed by atoms with Crippen LogP contribution in [0.25, 0.3) is 0 Å². The van der Waals surface area contributed by atoms with Crippen molar-refractivity contribution < 1.29 is 17.5 Å². The van der Waals surface area contributed by atoms with E-state index in [0.717, 1.165) is 54.0 Å². The van der Waals surface area contributed by atoms with E-state index < -0.39 is 15.8 Å². The molecule has 3 heterocycles. The number of benzene rings is 1. The van der Waals surface area contributed by atoms with Crippen molar-refractivity contribution in [3.05, 3.63) is 46.6 Å². The van der Waals surface area contributed by atoms with Crippen LogP contribution >= 0.6 is 11.3 Å². The van der Waals surface area contributed by atoms with E-state index in [0.29, 0.717) is 25.4 Å². The summed E-state index contributed by atoms with van der Waals surface area (Å²) in [5.74, 6) is 0.137. The molecule has 0 saturated carbocycles. The zero-order valence-corrected chi connectivity index (χ0v) is 19.1. The number of nitrogens with zero attached hydrogens (tertiary/aromatic N) is 2. The zero-order valence-electron chi connectivity index (χ0n) is 17.5. The Kier molecular flexibility index (Phi) is 6.48. The SMILES string of the molecule is CC(C)CN1CCC(Oc2cc3c(s2)CN(S(=O)(=O)c2cccc(F)c2)CC3)CC1. The van der Waals surface area contributed by atoms with Crippen LogP contribution in [-0.2, 0) is 23.0 Å². The second kappa shape index (κ2) is 8.94. The fourth-order valence-electron chi connectivity index (χ4n) is 4.20. The number of thiophene rings is 1. The van der Waals surface area contributed by atoms with Crippen LogP contribution in [0.2, 0.25) is 0 Å². The smallest absolute Gasteiger partial charge is 0.243 e. The molecule has 30 heavy (non-hydrogen) atoms. The highest BCUT2D eigenvalue weighted by Crippen LogP contribution is 2.36. The van der Waals surface area contributed by atoms with Gasteiger partial charge in [-0.1, -0.05) is 19.9 Å². The molecule has 2 aliphatic rings. The van der Waals surface area contributed by atoms with E-state index in [1.807, 2.05) is 0 Å². The molecule has 0 aliphatic carbocycles. The quantitative estimate of drug-likeness (QED) is 0.661. The van der Waals surface area contributed by atoms with Crippen molar-refractivity contribution in [2.24, 2.45) is 5.92 Å². The summed E-state index contributed by atoms with van der Waals surface area (Å²) < 4.78 is 47.0. The summed E-state index contributed by atoms with van der Waals surface area (Å²) in [6.07, 6.45) is 2.92. The Morgan fingerprint density at radius 2 is 1.97 bits per heavy atom. The number of hydrogen-bond donors (Lipinski definition) is 0. The van der Waals surface area contributed by atoms with Crippen LogP contribution in [0.3, 0.4) is 0 Å². The van der Waals surface area contributed by atoms with E-state index in [-0.39, 0.29) is 11.0 Å². The summed E-state index contributed by atoms with van der Waals surface area (Å²) in [4.78, 5) is 3.53. The lowest BCUT2D eigenvalue weighted by molar-refractivity contribution is 0.0969. The van der Waals surface area contributed by atoms with Crippen LogP contribution < -0.4 is 4.74 Å². The maximum Gasteiger partial charge on any atom is 0.243 e. The van der Waals surface area contributed by atoms with Crippen molar-refractivity contribution in [3.8, 4) is 5.06 Å². The first-order chi connectivity index (χ1) is 14.3. The Labute approximate surface area is 182 Å². The molecule has 0 atom stereocenters. The van der Waals surface area contributed by atoms with E-state index in [9.17, 15) is 12.8 Å². The number of halogens is 1. The van der Waals surface area contributed by atoms with Gasteiger partial charge in [0.1, 0.15) is 11.9 Å². The Balaban J connectivity index is 1.39. The van der Waals surface area contributed by atoms with Gasteiger partial charge in [-0.05, 0) is 55.0 Å². The summed E-state index contributed by atoms with van der Waals surface area (Å²) in [6, 6.07) is 7.29. The number of rotatable bonds is 6. The molecule has 164 valence electrons. The Hall–Kier alpha value is -1.48. The molecule has 1 fully saturated rings. The molecule has 0 bridgehead atoms. The monoisotopic (exact) mass is 452 g/mol. The van der Waals surface area contributed by atoms with Crippen molar-refractivity contribution in [1.29, 1.82) is 0 Å². The number of likely N-dealkylation sites (tertiary alicyclic amines) is 1. The number of sulfonamides is 1. The van der Waals surface area contributed by atoms with Gasteiger partial charge in [0, 0.05) is 37.6 Å². The van der Waals surface area contributed by atoms with E-state index in [1.165, 1.54) is 22.5 Å². The van der Waals surface area contributed by atoms with Crippen molar-refractivity contribution in [2.45, 2.75) is 50.7 Å². The highest BCUT2D eigenvalue weighted by atomic mass is 32.2. The molecule has 0 unspecified atom stereocenters. The second-order valence-corrected chi connectivity index (χ2v) is 11.6. The molecule has 1 saturated heterocycles. The third-order valence-corrected chi connectivity index (χ3v) is 8.59. The molecule has 4 rings (SSSR count). The van der Waals surface area contributed by atoms with E-state index >= 15 is 0 Å². The molecule has 1 aromatic heterocycles. The molecular formula is C22H29FN2O3S2. The molecular weight excluding hydrogens is 423 g/mol. The standard InChI is InChI=1S/C22H29FN2O3S2/c1-16(2)14-24-9-7-19(8-10-24)28-22-12-17-6-11-25(15-21(17)29-22)30(26,27)20-5-3-4-18(23)13-20/h3-5,12-13,16,19H,6-11,14-15H2,1-2H3. The van der Waals surface area contributed by atoms with Gasteiger partial charge in [-0.2, -0.15) is 4.31 Å². The fourth-order valence-corrected chi connectivity index (χ4v) is 6.86. The van der Waals surface area contributed by atoms with Crippen LogP contribution in [0.5, 0.6) is 5.06 Å². The average Bonchev–Trinajstić information content (AvgIpc) is 3.10. The van der Waals surface area contributed by atoms with Gasteiger partial charge in [0.15, 0.2) is 5.06 Å². The van der Waals surface area contributed by atoms with Crippen LogP contribution in [0.1, 0.15) is 37.1 Å². The molecule has 5 nitrogen and oxygen atoms in total. The van der Waals surface area contributed by atoms with Gasteiger partial charge in [0.25, 0.3) is 0 Å². The van der Waals surface area contributed by atoms with Gasteiger partial charge in [0.2, 0.25) is 10.0 Å². The van der Waals surface area contributed by atoms with Crippen LogP contribution in [0.15, 0.2) is 35.2 Å². The first kappa shape index (κ1) is 21.7. The number of ether oxygens (including phenoxy) is 1. The molecule has 0 amide bonds. The Bertz CT molecular complexity index is 982. The van der Waals surface area contributed by atoms with Crippen LogP contribution in [0, 0.1) is 11.7 Å². The highest BCUT2D eigenvalue weighted by molar-refractivity contribution is 7.89. The van der Waals surface area contributed by atoms with Gasteiger partial charge in [0.05, 0.1) is 4.90 Å². The number of fused-ring (bicyclic) bond motifs is 1. The summed E-state index contributed by atoms with van der Waals surface area (Å²) in [7, 11) is -3.71. The lowest BCUT2D eigenvalue weighted by atomic mass is 10.1. The third kappa shape index (κ3) is 4.88. The number of hydrogen-bond acceptors (Lipinski definition) is 5. The van der Waals surface area contributed by atoms with E-state index in [1.54, 1.807) is 11.3 Å². The Morgan fingerprint density at radius 1 is 1.20 bits per heavy atom. The maximum atomic E-state index is 13.5. The molecule has 2 aromatic rings. The summed E-state index contributed by atoms with van der Waals surface area (Å²) in [5, 5.41) is 0.882. The minimum absolute atomic E-state index is 0.00661. The molecule has 0 N–H and O–H groups in total. The van der Waals surface area contributed by atoms with E-state index in [2.05, 4.69) is 24.8 Å². The summed E-state index contributed by atoms with van der Waals surface area (Å²) >= 11 is 1.54. The van der Waals surface area contributed by atoms with Crippen molar-refractivity contribution >= 4 is 21.4 Å². The third-order valence-electron chi connectivity index (χ3n) is 5.70. The lowest BCUT2D eigenvalue weighted by Gasteiger charge is -2.32. The van der Waals surface area contributed by atoms with Gasteiger partial charge in [-0.25, -0.2) is 12.8 Å². The molecule has 8 heteroatoms. The van der Waals surface area contributed by atoms with Gasteiger partial charge < -0.3 is 9.64 Å². The molecule has 2 aliphatic heterocycles. The Morgan fingerprint density at radius 3 is 2.67 bits per heavy atom. The second-order valence-electron chi connectivity index (χ2n) is 8.57. The largest absolute Gasteiger partial charge is 0.481 e. The maximum absolute atomic E-state index is 13.5. The summed E-state index contributed by atoms with van der Waals surface area (Å²) in [6.45, 7) is 8.47. The van der Waals surface area contributed by atoms with Crippen molar-refractivity contribution in [2.75, 3.05) is 26.2 Å². The van der Waals surface area contributed by atoms with Gasteiger partial charge in [-0.3, -0.25) is 0 Å². The number of piperidine rings is 1. The average molecular weight is 453 g/mol. The molecule has 0 radical (unpaired) electrons. The van der Waals surface area contributed by atoms with Crippen molar-refractivity contribution in [3.63, 3.8) is 0 Å². The predicted molar refractivity (Wildman–Crippen MR) is 117 cm³/mol. The normalized spacial score (nSPS) is 19.2. The fraction of sp³-hybridized carbons (Fsp3) is 0.545. The van der Waals surface area contributed by atoms with Crippen LogP contribution in [0.4, 0.5) is 4.39 Å². The van der Waals surface area contributed by atoms with Gasteiger partial charge >= 0.3 is 0 Å². The molecule has 0 spiro atoms. The summed E-state index contributed by atoms with van der Waals surface area (Å²) in [5.41, 5.74) is 1.16. The van der Waals surface area contributed by atoms with Gasteiger partial charge in [-0.15, -0.1) is 11.3 Å². The van der Waals surface area contributed by atoms with Crippen molar-refractivity contribution in [1.82, 2.24) is 9.21 Å². The topological polar surface area (TPSA) is 49.9 Å². The van der Waals surface area contributed by atoms with Crippen LogP contribution in [-0.4, -0.2) is 49.9 Å². The first-order valence-corrected chi connectivity index (χ1v) is 12.8. The minimum atomic E-state index is -3.71. The zero-order chi connectivity index (χ0) is 21.3. The minimum Gasteiger partial charge on any atom is -0.481 e. The molecule has 1 aromatic carbocycles. The van der Waals surface area contributed by atoms with E-state index in [4.69, 9.17) is 4.74 Å². The highest BCUT2D eigenvalue weighted by Gasteiger charge is 2.30. The lowest BCUT2D eigenvalue weighted by Crippen LogP contribution is -2.39. The predicted octanol–water partition coefficient (Wildman–Crippen LogP) is 4.13. The first-order valence-electron chi connectivity index (χ1n) is 10.6.